The highest BCUT2D eigenvalue weighted by molar-refractivity contribution is 7.80. The average molecular weight is 225 g/mol. The molecule has 1 aromatic rings. The van der Waals surface area contributed by atoms with E-state index in [0.717, 1.165) is 5.75 Å². The molecule has 0 saturated heterocycles. The van der Waals surface area contributed by atoms with Crippen molar-refractivity contribution in [2.45, 2.75) is 26.2 Å². The molecule has 3 heteroatoms. The van der Waals surface area contributed by atoms with Gasteiger partial charge in [0.1, 0.15) is 0 Å². The summed E-state index contributed by atoms with van der Waals surface area (Å²) in [6.07, 6.45) is 3.92. The predicted molar refractivity (Wildman–Crippen MR) is 68.3 cm³/mol. The largest absolute Gasteiger partial charge is 0.366 e. The van der Waals surface area contributed by atoms with Crippen molar-refractivity contribution in [2.24, 2.45) is 5.73 Å². The van der Waals surface area contributed by atoms with Crippen molar-refractivity contribution < 1.29 is 4.79 Å². The molecule has 0 bridgehead atoms. The highest BCUT2D eigenvalue weighted by Gasteiger charge is 1.93. The fourth-order valence-corrected chi connectivity index (χ4v) is 1.19. The molecular weight excluding hydrogens is 206 g/mol. The lowest BCUT2D eigenvalue weighted by Gasteiger charge is -1.89. The Bertz CT molecular complexity index is 258. The Labute approximate surface area is 97.3 Å². The smallest absolute Gasteiger partial charge is 0.248 e. The molecule has 0 spiro atoms. The predicted octanol–water partition coefficient (Wildman–Crippen LogP) is 2.89. The van der Waals surface area contributed by atoms with E-state index in [1.54, 1.807) is 24.3 Å². The van der Waals surface area contributed by atoms with Crippen LogP contribution in [-0.4, -0.2) is 11.7 Å². The second-order valence-corrected chi connectivity index (χ2v) is 3.61. The lowest BCUT2D eigenvalue weighted by Crippen LogP contribution is -2.09. The van der Waals surface area contributed by atoms with Crippen molar-refractivity contribution in [3.63, 3.8) is 0 Å². The molecule has 1 aromatic carbocycles. The van der Waals surface area contributed by atoms with Crippen LogP contribution in [-0.2, 0) is 0 Å². The van der Waals surface area contributed by atoms with Gasteiger partial charge in [-0.05, 0) is 24.3 Å². The summed E-state index contributed by atoms with van der Waals surface area (Å²) in [4.78, 5) is 10.4. The Balaban J connectivity index is 0.000000288. The molecule has 0 aliphatic rings. The number of nitrogens with two attached hydrogens (primary N) is 1. The monoisotopic (exact) mass is 225 g/mol. The number of primary amides is 1. The molecule has 0 aromatic heterocycles. The average Bonchev–Trinajstić information content (AvgIpc) is 2.28. The lowest BCUT2D eigenvalue weighted by molar-refractivity contribution is 0.100. The molecule has 0 radical (unpaired) electrons. The van der Waals surface area contributed by atoms with E-state index in [0.29, 0.717) is 5.56 Å². The number of hydrogen-bond acceptors (Lipinski definition) is 2. The number of carbonyl (C=O) groups is 1. The SMILES string of the molecule is CCCCCS.NC(=O)c1ccccc1. The number of unbranched alkanes of at least 4 members (excludes halogenated alkanes) is 2. The van der Waals surface area contributed by atoms with Crippen LogP contribution in [0.25, 0.3) is 0 Å². The zero-order valence-electron chi connectivity index (χ0n) is 9.15. The zero-order chi connectivity index (χ0) is 11.5. The number of hydrogen-bond donors (Lipinski definition) is 2. The number of rotatable bonds is 4. The quantitative estimate of drug-likeness (QED) is 0.600. The van der Waals surface area contributed by atoms with Crippen LogP contribution in [0.1, 0.15) is 36.5 Å². The van der Waals surface area contributed by atoms with Crippen LogP contribution in [0.5, 0.6) is 0 Å². The fourth-order valence-electron chi connectivity index (χ4n) is 0.964. The van der Waals surface area contributed by atoms with E-state index in [9.17, 15) is 4.79 Å². The van der Waals surface area contributed by atoms with Crippen LogP contribution in [0.2, 0.25) is 0 Å². The number of carbonyl (C=O) groups excluding carboxylic acids is 1. The van der Waals surface area contributed by atoms with E-state index >= 15 is 0 Å². The van der Waals surface area contributed by atoms with Crippen LogP contribution in [0.4, 0.5) is 0 Å². The molecule has 0 aliphatic heterocycles. The van der Waals surface area contributed by atoms with Crippen molar-refractivity contribution in [2.75, 3.05) is 5.75 Å². The molecular formula is C12H19NOS. The van der Waals surface area contributed by atoms with Gasteiger partial charge in [0.25, 0.3) is 0 Å². The van der Waals surface area contributed by atoms with Crippen LogP contribution in [0.3, 0.4) is 0 Å². The first kappa shape index (κ1) is 14.0. The first-order chi connectivity index (χ1) is 7.22. The molecule has 1 amide bonds. The van der Waals surface area contributed by atoms with Gasteiger partial charge in [0.15, 0.2) is 0 Å². The first-order valence-corrected chi connectivity index (χ1v) is 5.81. The molecule has 15 heavy (non-hydrogen) atoms. The van der Waals surface area contributed by atoms with Gasteiger partial charge in [0.05, 0.1) is 0 Å². The third-order valence-electron chi connectivity index (χ3n) is 1.82. The van der Waals surface area contributed by atoms with E-state index in [1.807, 2.05) is 6.07 Å². The molecule has 2 nitrogen and oxygen atoms in total. The third-order valence-corrected chi connectivity index (χ3v) is 2.14. The van der Waals surface area contributed by atoms with E-state index in [2.05, 4.69) is 19.6 Å². The van der Waals surface area contributed by atoms with Crippen LogP contribution in [0.15, 0.2) is 30.3 Å². The summed E-state index contributed by atoms with van der Waals surface area (Å²) in [6, 6.07) is 8.76. The summed E-state index contributed by atoms with van der Waals surface area (Å²) in [7, 11) is 0. The Morgan fingerprint density at radius 3 is 2.13 bits per heavy atom. The highest BCUT2D eigenvalue weighted by Crippen LogP contribution is 1.94. The summed E-state index contributed by atoms with van der Waals surface area (Å²) in [6.45, 7) is 2.20. The molecule has 0 unspecified atom stereocenters. The van der Waals surface area contributed by atoms with E-state index in [4.69, 9.17) is 5.73 Å². The van der Waals surface area contributed by atoms with E-state index in [1.165, 1.54) is 19.3 Å². The summed E-state index contributed by atoms with van der Waals surface area (Å²) in [5.41, 5.74) is 5.53. The minimum absolute atomic E-state index is 0.379. The topological polar surface area (TPSA) is 43.1 Å². The molecule has 84 valence electrons. The maximum atomic E-state index is 10.4. The maximum Gasteiger partial charge on any atom is 0.248 e. The van der Waals surface area contributed by atoms with E-state index in [-0.39, 0.29) is 5.91 Å². The fraction of sp³-hybridized carbons (Fsp3) is 0.417. The highest BCUT2D eigenvalue weighted by atomic mass is 32.1. The molecule has 2 N–H and O–H groups in total. The summed E-state index contributed by atoms with van der Waals surface area (Å²) in [5.74, 6) is 0.670. The van der Waals surface area contributed by atoms with Crippen LogP contribution >= 0.6 is 12.6 Å². The molecule has 0 aliphatic carbocycles. The molecule has 0 fully saturated rings. The van der Waals surface area contributed by atoms with Crippen molar-refractivity contribution in [3.05, 3.63) is 35.9 Å². The normalized spacial score (nSPS) is 8.93. The summed E-state index contributed by atoms with van der Waals surface area (Å²) >= 11 is 4.05. The van der Waals surface area contributed by atoms with Gasteiger partial charge in [-0.15, -0.1) is 0 Å². The van der Waals surface area contributed by atoms with Gasteiger partial charge >= 0.3 is 0 Å². The molecule has 0 atom stereocenters. The van der Waals surface area contributed by atoms with Crippen molar-refractivity contribution in [1.82, 2.24) is 0 Å². The van der Waals surface area contributed by atoms with Crippen LogP contribution in [0, 0.1) is 0 Å². The number of thiol groups is 1. The molecule has 0 saturated carbocycles. The van der Waals surface area contributed by atoms with Gasteiger partial charge in [0.2, 0.25) is 5.91 Å². The molecule has 0 heterocycles. The summed E-state index contributed by atoms with van der Waals surface area (Å²) in [5, 5.41) is 0. The van der Waals surface area contributed by atoms with Crippen LogP contribution < -0.4 is 5.73 Å². The minimum Gasteiger partial charge on any atom is -0.366 e. The second kappa shape index (κ2) is 9.59. The first-order valence-electron chi connectivity index (χ1n) is 5.18. The molecule has 1 rings (SSSR count). The van der Waals surface area contributed by atoms with Gasteiger partial charge in [-0.1, -0.05) is 38.0 Å². The maximum absolute atomic E-state index is 10.4. The second-order valence-electron chi connectivity index (χ2n) is 3.16. The Morgan fingerprint density at radius 1 is 1.27 bits per heavy atom. The van der Waals surface area contributed by atoms with Crippen molar-refractivity contribution in [1.29, 1.82) is 0 Å². The van der Waals surface area contributed by atoms with Gasteiger partial charge in [0, 0.05) is 5.56 Å². The van der Waals surface area contributed by atoms with Gasteiger partial charge in [-0.25, -0.2) is 0 Å². The van der Waals surface area contributed by atoms with E-state index < -0.39 is 0 Å². The Kier molecular flexibility index (Phi) is 8.98. The zero-order valence-corrected chi connectivity index (χ0v) is 10.0. The number of benzene rings is 1. The Morgan fingerprint density at radius 2 is 1.87 bits per heavy atom. The van der Waals surface area contributed by atoms with Gasteiger partial charge in [-0.3, -0.25) is 4.79 Å². The summed E-state index contributed by atoms with van der Waals surface area (Å²) < 4.78 is 0. The lowest BCUT2D eigenvalue weighted by atomic mass is 10.2. The van der Waals surface area contributed by atoms with Gasteiger partial charge < -0.3 is 5.73 Å². The minimum atomic E-state index is -0.379. The third kappa shape index (κ3) is 8.06. The van der Waals surface area contributed by atoms with Crippen molar-refractivity contribution in [3.8, 4) is 0 Å². The van der Waals surface area contributed by atoms with Gasteiger partial charge in [-0.2, -0.15) is 12.6 Å². The number of amides is 1. The Hall–Kier alpha value is -0.960. The van der Waals surface area contributed by atoms with Crippen molar-refractivity contribution >= 4 is 18.5 Å². The standard InChI is InChI=1S/C7H7NO.C5H12S/c8-7(9)6-4-2-1-3-5-6;1-2-3-4-5-6/h1-5H,(H2,8,9);6H,2-5H2,1H3.